The van der Waals surface area contributed by atoms with Gasteiger partial charge in [0.15, 0.2) is 11.6 Å². The first-order valence-corrected chi connectivity index (χ1v) is 8.61. The average molecular weight is 321 g/mol. The molecule has 0 aromatic heterocycles. The van der Waals surface area contributed by atoms with E-state index >= 15 is 0 Å². The lowest BCUT2D eigenvalue weighted by atomic mass is 9.57. The van der Waals surface area contributed by atoms with Gasteiger partial charge in [-0.15, -0.1) is 0 Å². The van der Waals surface area contributed by atoms with Crippen LogP contribution in [0.5, 0.6) is 0 Å². The molecular formula is C21H23NO2. The summed E-state index contributed by atoms with van der Waals surface area (Å²) in [6.45, 7) is 7.90. The highest BCUT2D eigenvalue weighted by molar-refractivity contribution is 6.22. The standard InChI is InChI=1S/C21H23NO2/c1-12-10-21-11-20(3,4)22-19(21)18(13(2)23)15-8-6-5-7-14(15)16(21)9-17(12)24/h5-8,10,16,22H,9,11H2,1-4H3. The second-order valence-electron chi connectivity index (χ2n) is 8.13. The Morgan fingerprint density at radius 2 is 1.96 bits per heavy atom. The van der Waals surface area contributed by atoms with Crippen LogP contribution in [0, 0.1) is 5.41 Å². The number of carbonyl (C=O) groups excluding carboxylic acids is 2. The van der Waals surface area contributed by atoms with E-state index in [0.29, 0.717) is 6.42 Å². The number of fused-ring (bicyclic) bond motifs is 2. The van der Waals surface area contributed by atoms with Crippen molar-refractivity contribution < 1.29 is 9.59 Å². The van der Waals surface area contributed by atoms with E-state index in [-0.39, 0.29) is 28.4 Å². The Balaban J connectivity index is 2.10. The van der Waals surface area contributed by atoms with Gasteiger partial charge in [0.2, 0.25) is 0 Å². The third-order valence-electron chi connectivity index (χ3n) is 5.80. The third-order valence-corrected chi connectivity index (χ3v) is 5.80. The van der Waals surface area contributed by atoms with Gasteiger partial charge in [-0.05, 0) is 50.8 Å². The molecule has 2 atom stereocenters. The smallest absolute Gasteiger partial charge is 0.162 e. The summed E-state index contributed by atoms with van der Waals surface area (Å²) in [4.78, 5) is 25.0. The fourth-order valence-electron chi connectivity index (χ4n) is 5.05. The van der Waals surface area contributed by atoms with Crippen molar-refractivity contribution in [2.24, 2.45) is 5.41 Å². The van der Waals surface area contributed by atoms with Gasteiger partial charge >= 0.3 is 0 Å². The highest BCUT2D eigenvalue weighted by Gasteiger charge is 2.57. The quantitative estimate of drug-likeness (QED) is 0.856. The van der Waals surface area contributed by atoms with Gasteiger partial charge in [0, 0.05) is 34.6 Å². The van der Waals surface area contributed by atoms with Crippen LogP contribution in [0.3, 0.4) is 0 Å². The lowest BCUT2D eigenvalue weighted by Gasteiger charge is -2.44. The van der Waals surface area contributed by atoms with Crippen LogP contribution in [0.1, 0.15) is 57.6 Å². The molecule has 2 unspecified atom stereocenters. The zero-order valence-electron chi connectivity index (χ0n) is 14.7. The maximum absolute atomic E-state index is 12.5. The van der Waals surface area contributed by atoms with Crippen molar-refractivity contribution in [3.05, 3.63) is 52.7 Å². The first-order chi connectivity index (χ1) is 11.3. The fourth-order valence-corrected chi connectivity index (χ4v) is 5.05. The Bertz CT molecular complexity index is 843. The number of Topliss-reactive ketones (excluding diaryl/α,β-unsaturated/α-hetero) is 2. The lowest BCUT2D eigenvalue weighted by molar-refractivity contribution is -0.117. The molecule has 1 N–H and O–H groups in total. The van der Waals surface area contributed by atoms with Crippen molar-refractivity contribution in [2.45, 2.75) is 52.0 Å². The summed E-state index contributed by atoms with van der Waals surface area (Å²) in [5.41, 5.74) is 4.41. The molecule has 0 saturated carbocycles. The predicted molar refractivity (Wildman–Crippen MR) is 94.4 cm³/mol. The number of benzene rings is 1. The van der Waals surface area contributed by atoms with Crippen molar-refractivity contribution in [3.8, 4) is 0 Å². The van der Waals surface area contributed by atoms with E-state index in [2.05, 4.69) is 31.3 Å². The van der Waals surface area contributed by atoms with E-state index in [0.717, 1.165) is 34.4 Å². The lowest BCUT2D eigenvalue weighted by Crippen LogP contribution is -2.38. The number of hydrogen-bond donors (Lipinski definition) is 1. The Morgan fingerprint density at radius 1 is 1.25 bits per heavy atom. The van der Waals surface area contributed by atoms with Crippen LogP contribution >= 0.6 is 0 Å². The molecular weight excluding hydrogens is 298 g/mol. The summed E-state index contributed by atoms with van der Waals surface area (Å²) >= 11 is 0. The molecule has 1 spiro atoms. The van der Waals surface area contributed by atoms with Crippen molar-refractivity contribution in [2.75, 3.05) is 0 Å². The molecule has 24 heavy (non-hydrogen) atoms. The molecule has 3 aliphatic rings. The van der Waals surface area contributed by atoms with Crippen LogP contribution in [0.4, 0.5) is 0 Å². The fraction of sp³-hybridized carbons (Fsp3) is 0.429. The SMILES string of the molecule is CC(=O)C1=C2NC(C)(C)CC23C=C(C)C(=O)CC3c2ccccc21. The molecule has 3 heteroatoms. The summed E-state index contributed by atoms with van der Waals surface area (Å²) in [5.74, 6) is 0.413. The molecule has 1 aliphatic heterocycles. The molecule has 0 bridgehead atoms. The van der Waals surface area contributed by atoms with Crippen LogP contribution in [0.15, 0.2) is 41.6 Å². The summed E-state index contributed by atoms with van der Waals surface area (Å²) < 4.78 is 0. The van der Waals surface area contributed by atoms with Gasteiger partial charge in [-0.3, -0.25) is 9.59 Å². The van der Waals surface area contributed by atoms with Gasteiger partial charge in [0.25, 0.3) is 0 Å². The molecule has 1 fully saturated rings. The molecule has 2 aliphatic carbocycles. The largest absolute Gasteiger partial charge is 0.382 e. The van der Waals surface area contributed by atoms with Crippen LogP contribution in [0.2, 0.25) is 0 Å². The summed E-state index contributed by atoms with van der Waals surface area (Å²) in [5, 5.41) is 3.63. The second kappa shape index (κ2) is 4.69. The van der Waals surface area contributed by atoms with Gasteiger partial charge in [0.1, 0.15) is 0 Å². The van der Waals surface area contributed by atoms with E-state index in [4.69, 9.17) is 0 Å². The maximum Gasteiger partial charge on any atom is 0.162 e. The molecule has 1 saturated heterocycles. The van der Waals surface area contributed by atoms with Gasteiger partial charge in [-0.2, -0.15) is 0 Å². The average Bonchev–Trinajstić information content (AvgIpc) is 2.75. The van der Waals surface area contributed by atoms with Crippen LogP contribution in [-0.4, -0.2) is 17.1 Å². The van der Waals surface area contributed by atoms with E-state index in [1.807, 2.05) is 25.1 Å². The number of carbonyl (C=O) groups is 2. The Morgan fingerprint density at radius 3 is 2.67 bits per heavy atom. The van der Waals surface area contributed by atoms with E-state index in [1.54, 1.807) is 6.92 Å². The molecule has 0 radical (unpaired) electrons. The second-order valence-corrected chi connectivity index (χ2v) is 8.13. The summed E-state index contributed by atoms with van der Waals surface area (Å²) in [6, 6.07) is 8.10. The number of ketones is 2. The number of nitrogens with one attached hydrogen (secondary N) is 1. The van der Waals surface area contributed by atoms with Gasteiger partial charge in [0.05, 0.1) is 0 Å². The van der Waals surface area contributed by atoms with E-state index < -0.39 is 0 Å². The maximum atomic E-state index is 12.5. The van der Waals surface area contributed by atoms with Crippen molar-refractivity contribution in [1.82, 2.24) is 5.32 Å². The van der Waals surface area contributed by atoms with Crippen LogP contribution in [-0.2, 0) is 9.59 Å². The van der Waals surface area contributed by atoms with Crippen molar-refractivity contribution >= 4 is 17.1 Å². The summed E-state index contributed by atoms with van der Waals surface area (Å²) in [7, 11) is 0. The van der Waals surface area contributed by atoms with Crippen molar-refractivity contribution in [1.29, 1.82) is 0 Å². The van der Waals surface area contributed by atoms with Gasteiger partial charge < -0.3 is 5.32 Å². The Kier molecular flexibility index (Phi) is 3.00. The van der Waals surface area contributed by atoms with Gasteiger partial charge in [-0.1, -0.05) is 30.3 Å². The minimum absolute atomic E-state index is 0.0865. The molecule has 1 heterocycles. The Hall–Kier alpha value is -2.16. The van der Waals surface area contributed by atoms with E-state index in [1.165, 1.54) is 0 Å². The minimum Gasteiger partial charge on any atom is -0.382 e. The Labute approximate surface area is 142 Å². The first kappa shape index (κ1) is 15.4. The van der Waals surface area contributed by atoms with Crippen LogP contribution < -0.4 is 5.32 Å². The zero-order chi connectivity index (χ0) is 17.3. The van der Waals surface area contributed by atoms with Crippen LogP contribution in [0.25, 0.3) is 5.57 Å². The molecule has 4 rings (SSSR count). The number of allylic oxidation sites excluding steroid dienone is 3. The number of rotatable bonds is 1. The topological polar surface area (TPSA) is 46.2 Å². The molecule has 1 aromatic rings. The third kappa shape index (κ3) is 1.90. The highest BCUT2D eigenvalue weighted by atomic mass is 16.1. The normalized spacial score (nSPS) is 30.1. The molecule has 1 aromatic carbocycles. The zero-order valence-corrected chi connectivity index (χ0v) is 14.7. The number of hydrogen-bond acceptors (Lipinski definition) is 3. The molecule has 124 valence electrons. The van der Waals surface area contributed by atoms with Crippen molar-refractivity contribution in [3.63, 3.8) is 0 Å². The monoisotopic (exact) mass is 321 g/mol. The highest BCUT2D eigenvalue weighted by Crippen LogP contribution is 2.61. The molecule has 3 nitrogen and oxygen atoms in total. The molecule has 0 amide bonds. The predicted octanol–water partition coefficient (Wildman–Crippen LogP) is 3.76. The minimum atomic E-state index is -0.267. The van der Waals surface area contributed by atoms with E-state index in [9.17, 15) is 9.59 Å². The van der Waals surface area contributed by atoms with Gasteiger partial charge in [-0.25, -0.2) is 0 Å². The summed E-state index contributed by atoms with van der Waals surface area (Å²) in [6.07, 6.45) is 3.56. The first-order valence-electron chi connectivity index (χ1n) is 8.61.